The Hall–Kier alpha value is -2.33. The molecule has 0 atom stereocenters. The fraction of sp³-hybridized carbons (Fsp3) is 0.350. The Labute approximate surface area is 144 Å². The lowest BCUT2D eigenvalue weighted by Gasteiger charge is -2.28. The van der Waals surface area contributed by atoms with Crippen LogP contribution in [0, 0.1) is 13.8 Å². The molecule has 1 aliphatic rings. The van der Waals surface area contributed by atoms with Crippen LogP contribution in [-0.2, 0) is 4.74 Å². The summed E-state index contributed by atoms with van der Waals surface area (Å²) in [4.78, 5) is 6.96. The van der Waals surface area contributed by atoms with Gasteiger partial charge in [-0.3, -0.25) is 0 Å². The van der Waals surface area contributed by atoms with Crippen LogP contribution in [-0.4, -0.2) is 37.2 Å². The summed E-state index contributed by atoms with van der Waals surface area (Å²) in [5.74, 6) is 0.587. The summed E-state index contributed by atoms with van der Waals surface area (Å²) >= 11 is 0. The zero-order valence-corrected chi connectivity index (χ0v) is 14.4. The Morgan fingerprint density at radius 2 is 1.38 bits per heavy atom. The van der Waals surface area contributed by atoms with Crippen molar-refractivity contribution in [2.75, 3.05) is 26.3 Å². The average Bonchev–Trinajstić information content (AvgIpc) is 2.62. The van der Waals surface area contributed by atoms with Crippen LogP contribution in [0.25, 0.3) is 0 Å². The molecule has 4 heteroatoms. The van der Waals surface area contributed by atoms with E-state index in [4.69, 9.17) is 15.5 Å². The molecule has 126 valence electrons. The van der Waals surface area contributed by atoms with Crippen LogP contribution < -0.4 is 5.73 Å². The molecule has 1 aliphatic heterocycles. The molecule has 0 amide bonds. The van der Waals surface area contributed by atoms with Crippen LogP contribution in [0.1, 0.15) is 28.3 Å². The number of aryl methyl sites for hydroxylation is 2. The fourth-order valence-corrected chi connectivity index (χ4v) is 2.85. The van der Waals surface area contributed by atoms with E-state index >= 15 is 0 Å². The number of aliphatic imine (C=N–C) groups is 1. The number of nitrogens with two attached hydrogens (primary N) is 1. The first-order valence-corrected chi connectivity index (χ1v) is 8.42. The molecule has 1 saturated heterocycles. The number of benzene rings is 2. The quantitative estimate of drug-likeness (QED) is 0.698. The lowest BCUT2D eigenvalue weighted by Crippen LogP contribution is -2.45. The molecule has 0 bridgehead atoms. The van der Waals surface area contributed by atoms with Gasteiger partial charge >= 0.3 is 0 Å². The van der Waals surface area contributed by atoms with Crippen molar-refractivity contribution in [2.45, 2.75) is 19.9 Å². The highest BCUT2D eigenvalue weighted by atomic mass is 16.5. The van der Waals surface area contributed by atoms with Crippen molar-refractivity contribution in [3.05, 3.63) is 70.8 Å². The Balaban J connectivity index is 1.94. The molecule has 0 radical (unpaired) electrons. The third-order valence-corrected chi connectivity index (χ3v) is 4.38. The summed E-state index contributed by atoms with van der Waals surface area (Å²) in [7, 11) is 0. The van der Waals surface area contributed by atoms with Gasteiger partial charge in [-0.15, -0.1) is 0 Å². The first kappa shape index (κ1) is 16.5. The van der Waals surface area contributed by atoms with Crippen molar-refractivity contribution in [1.29, 1.82) is 0 Å². The van der Waals surface area contributed by atoms with Gasteiger partial charge in [-0.1, -0.05) is 59.7 Å². The number of nitrogens with zero attached hydrogens (tertiary/aromatic N) is 2. The first-order valence-electron chi connectivity index (χ1n) is 8.42. The van der Waals surface area contributed by atoms with E-state index in [-0.39, 0.29) is 6.04 Å². The van der Waals surface area contributed by atoms with E-state index in [0.29, 0.717) is 19.2 Å². The molecule has 2 aromatic carbocycles. The highest BCUT2D eigenvalue weighted by molar-refractivity contribution is 5.78. The second-order valence-corrected chi connectivity index (χ2v) is 6.31. The zero-order valence-electron chi connectivity index (χ0n) is 14.4. The molecule has 1 fully saturated rings. The highest BCUT2D eigenvalue weighted by Crippen LogP contribution is 2.27. The third-order valence-electron chi connectivity index (χ3n) is 4.38. The van der Waals surface area contributed by atoms with Gasteiger partial charge in [0.05, 0.1) is 13.2 Å². The van der Waals surface area contributed by atoms with Crippen LogP contribution >= 0.6 is 0 Å². The second kappa shape index (κ2) is 7.49. The summed E-state index contributed by atoms with van der Waals surface area (Å²) in [6.07, 6.45) is 0. The maximum Gasteiger partial charge on any atom is 0.192 e. The predicted octanol–water partition coefficient (Wildman–Crippen LogP) is 3.04. The number of hydrogen-bond donors (Lipinski definition) is 1. The predicted molar refractivity (Wildman–Crippen MR) is 98.2 cm³/mol. The summed E-state index contributed by atoms with van der Waals surface area (Å²) in [6.45, 7) is 7.19. The molecule has 0 aliphatic carbocycles. The molecule has 0 unspecified atom stereocenters. The van der Waals surface area contributed by atoms with E-state index in [9.17, 15) is 0 Å². The SMILES string of the molecule is Cc1ccc(C(N=C(N)N2CCOCC2)c2ccc(C)cc2)cc1. The van der Waals surface area contributed by atoms with Gasteiger partial charge in [0.1, 0.15) is 6.04 Å². The van der Waals surface area contributed by atoms with E-state index in [1.165, 1.54) is 11.1 Å². The van der Waals surface area contributed by atoms with Crippen molar-refractivity contribution < 1.29 is 4.74 Å². The van der Waals surface area contributed by atoms with Crippen molar-refractivity contribution in [3.63, 3.8) is 0 Å². The van der Waals surface area contributed by atoms with Gasteiger partial charge < -0.3 is 15.4 Å². The Morgan fingerprint density at radius 3 is 1.83 bits per heavy atom. The lowest BCUT2D eigenvalue weighted by atomic mass is 9.97. The van der Waals surface area contributed by atoms with E-state index in [2.05, 4.69) is 67.3 Å². The van der Waals surface area contributed by atoms with Crippen LogP contribution in [0.4, 0.5) is 0 Å². The first-order chi connectivity index (χ1) is 11.6. The minimum absolute atomic E-state index is 0.0888. The molecule has 3 rings (SSSR count). The minimum Gasteiger partial charge on any atom is -0.378 e. The molecule has 2 aromatic rings. The molecule has 1 heterocycles. The summed E-state index contributed by atoms with van der Waals surface area (Å²) in [5, 5.41) is 0. The van der Waals surface area contributed by atoms with Crippen LogP contribution in [0.5, 0.6) is 0 Å². The van der Waals surface area contributed by atoms with Crippen molar-refractivity contribution in [2.24, 2.45) is 10.7 Å². The number of guanidine groups is 1. The van der Waals surface area contributed by atoms with Crippen molar-refractivity contribution in [1.82, 2.24) is 4.90 Å². The molecule has 0 spiro atoms. The van der Waals surface area contributed by atoms with Gasteiger partial charge in [-0.25, -0.2) is 4.99 Å². The van der Waals surface area contributed by atoms with Gasteiger partial charge in [-0.05, 0) is 25.0 Å². The average molecular weight is 323 g/mol. The molecular formula is C20H25N3O. The fourth-order valence-electron chi connectivity index (χ4n) is 2.85. The molecular weight excluding hydrogens is 298 g/mol. The Kier molecular flexibility index (Phi) is 5.16. The van der Waals surface area contributed by atoms with Crippen molar-refractivity contribution >= 4 is 5.96 Å². The van der Waals surface area contributed by atoms with Gasteiger partial charge in [0.25, 0.3) is 0 Å². The lowest BCUT2D eigenvalue weighted by molar-refractivity contribution is 0.0673. The van der Waals surface area contributed by atoms with E-state index in [0.717, 1.165) is 24.2 Å². The summed E-state index contributed by atoms with van der Waals surface area (Å²) < 4.78 is 5.40. The van der Waals surface area contributed by atoms with E-state index in [1.807, 2.05) is 0 Å². The largest absolute Gasteiger partial charge is 0.378 e. The van der Waals surface area contributed by atoms with Gasteiger partial charge in [-0.2, -0.15) is 0 Å². The topological polar surface area (TPSA) is 50.8 Å². The maximum atomic E-state index is 6.30. The van der Waals surface area contributed by atoms with Gasteiger partial charge in [0.15, 0.2) is 5.96 Å². The van der Waals surface area contributed by atoms with Gasteiger partial charge in [0, 0.05) is 13.1 Å². The molecule has 0 saturated carbocycles. The molecule has 4 nitrogen and oxygen atoms in total. The maximum absolute atomic E-state index is 6.30. The number of rotatable bonds is 3. The Morgan fingerprint density at radius 1 is 0.917 bits per heavy atom. The summed E-state index contributed by atoms with van der Waals surface area (Å²) in [5.41, 5.74) is 11.1. The van der Waals surface area contributed by atoms with Crippen LogP contribution in [0.2, 0.25) is 0 Å². The zero-order chi connectivity index (χ0) is 16.9. The molecule has 0 aromatic heterocycles. The number of hydrogen-bond acceptors (Lipinski definition) is 2. The Bertz CT molecular complexity index is 640. The molecule has 2 N–H and O–H groups in total. The minimum atomic E-state index is -0.0888. The summed E-state index contributed by atoms with van der Waals surface area (Å²) in [6, 6.07) is 16.9. The normalized spacial score (nSPS) is 15.8. The third kappa shape index (κ3) is 3.95. The van der Waals surface area contributed by atoms with Gasteiger partial charge in [0.2, 0.25) is 0 Å². The smallest absolute Gasteiger partial charge is 0.192 e. The van der Waals surface area contributed by atoms with Crippen LogP contribution in [0.3, 0.4) is 0 Å². The van der Waals surface area contributed by atoms with E-state index in [1.54, 1.807) is 0 Å². The van der Waals surface area contributed by atoms with Crippen molar-refractivity contribution in [3.8, 4) is 0 Å². The molecule has 24 heavy (non-hydrogen) atoms. The van der Waals surface area contributed by atoms with E-state index < -0.39 is 0 Å². The standard InChI is InChI=1S/C20H25N3O/c1-15-3-7-17(8-4-15)19(18-9-5-16(2)6-10-18)22-20(21)23-11-13-24-14-12-23/h3-10,19H,11-14H2,1-2H3,(H2,21,22). The number of ether oxygens (including phenoxy) is 1. The second-order valence-electron chi connectivity index (χ2n) is 6.31. The number of morpholine rings is 1. The highest BCUT2D eigenvalue weighted by Gasteiger charge is 2.17. The monoisotopic (exact) mass is 323 g/mol. The van der Waals surface area contributed by atoms with Crippen LogP contribution in [0.15, 0.2) is 53.5 Å².